The fraction of sp³-hybridized carbons (Fsp3) is 0.348. The third kappa shape index (κ3) is 2.70. The highest BCUT2D eigenvalue weighted by Gasteiger charge is 2.58. The summed E-state index contributed by atoms with van der Waals surface area (Å²) in [5, 5.41) is 7.75. The lowest BCUT2D eigenvalue weighted by molar-refractivity contribution is 0.363. The molecule has 0 saturated heterocycles. The molecule has 2 unspecified atom stereocenters. The van der Waals surface area contributed by atoms with Crippen molar-refractivity contribution in [2.24, 2.45) is 18.9 Å². The molecular formula is C23H20N6O2S. The first-order valence-corrected chi connectivity index (χ1v) is 11.7. The molecule has 0 radical (unpaired) electrons. The van der Waals surface area contributed by atoms with Gasteiger partial charge in [0.05, 0.1) is 6.33 Å². The number of hydrogen-bond donors (Lipinski definition) is 0. The Morgan fingerprint density at radius 1 is 1.16 bits per heavy atom. The standard InChI is InChI=1S/C23H20N6O2S/c1-28-10-24-22-20(28)23(30)29(11-25-22)9-18-26-21(27-31-18)19-15-7-14(8-16(15)19)12-2-3-17-13(6-12)4-5-32-17/h2-6,10-11,14-16,19H,7-9H2,1H3/t14?,15-,16+,19?. The van der Waals surface area contributed by atoms with E-state index in [4.69, 9.17) is 4.52 Å². The zero-order valence-electron chi connectivity index (χ0n) is 17.4. The smallest absolute Gasteiger partial charge is 0.280 e. The number of hydrogen-bond acceptors (Lipinski definition) is 7. The number of nitrogens with zero attached hydrogens (tertiary/aromatic N) is 6. The monoisotopic (exact) mass is 444 g/mol. The Balaban J connectivity index is 1.07. The van der Waals surface area contributed by atoms with Crippen molar-refractivity contribution >= 4 is 32.6 Å². The number of fused-ring (bicyclic) bond motifs is 3. The van der Waals surface area contributed by atoms with E-state index in [-0.39, 0.29) is 12.1 Å². The molecule has 1 aromatic carbocycles. The topological polar surface area (TPSA) is 91.6 Å². The number of imidazole rings is 1. The number of benzene rings is 1. The van der Waals surface area contributed by atoms with Crippen LogP contribution in [0.5, 0.6) is 0 Å². The number of aryl methyl sites for hydroxylation is 1. The maximum atomic E-state index is 12.7. The van der Waals surface area contributed by atoms with Gasteiger partial charge in [-0.1, -0.05) is 17.3 Å². The van der Waals surface area contributed by atoms with Crippen LogP contribution >= 0.6 is 11.3 Å². The first-order chi connectivity index (χ1) is 15.7. The second-order valence-corrected chi connectivity index (χ2v) is 9.94. The van der Waals surface area contributed by atoms with E-state index in [9.17, 15) is 4.79 Å². The molecule has 2 aliphatic rings. The molecule has 8 nitrogen and oxygen atoms in total. The van der Waals surface area contributed by atoms with E-state index in [2.05, 4.69) is 49.8 Å². The van der Waals surface area contributed by atoms with Gasteiger partial charge in [0.1, 0.15) is 12.9 Å². The van der Waals surface area contributed by atoms with Gasteiger partial charge in [0.15, 0.2) is 17.0 Å². The lowest BCUT2D eigenvalue weighted by atomic mass is 9.91. The third-order valence-electron chi connectivity index (χ3n) is 7.18. The van der Waals surface area contributed by atoms with Crippen molar-refractivity contribution in [1.29, 1.82) is 0 Å². The van der Waals surface area contributed by atoms with E-state index in [1.807, 2.05) is 0 Å². The van der Waals surface area contributed by atoms with Crippen LogP contribution in [0.25, 0.3) is 21.3 Å². The zero-order valence-corrected chi connectivity index (χ0v) is 18.2. The molecule has 4 atom stereocenters. The SMILES string of the molecule is Cn1cnc2ncn(Cc3nc(C4[C@H]5CC(c6ccc7sccc7c6)C[C@@H]45)no3)c(=O)c21. The molecule has 0 spiro atoms. The highest BCUT2D eigenvalue weighted by Crippen LogP contribution is 2.66. The lowest BCUT2D eigenvalue weighted by Crippen LogP contribution is -2.22. The van der Waals surface area contributed by atoms with Crippen LogP contribution in [0.1, 0.15) is 42.0 Å². The largest absolute Gasteiger partial charge is 0.337 e. The van der Waals surface area contributed by atoms with Crippen LogP contribution in [-0.4, -0.2) is 29.2 Å². The van der Waals surface area contributed by atoms with Crippen LogP contribution in [0, 0.1) is 11.8 Å². The average Bonchev–Trinajstić information content (AvgIpc) is 3.38. The van der Waals surface area contributed by atoms with Crippen molar-refractivity contribution in [3.05, 3.63) is 69.9 Å². The summed E-state index contributed by atoms with van der Waals surface area (Å²) in [5.41, 5.74) is 2.20. The third-order valence-corrected chi connectivity index (χ3v) is 8.08. The van der Waals surface area contributed by atoms with Gasteiger partial charge in [-0.05, 0) is 59.1 Å². The molecule has 0 bridgehead atoms. The Morgan fingerprint density at radius 2 is 2.00 bits per heavy atom. The first kappa shape index (κ1) is 18.3. The second kappa shape index (κ2) is 6.59. The maximum Gasteiger partial charge on any atom is 0.280 e. The van der Waals surface area contributed by atoms with Gasteiger partial charge in [0, 0.05) is 17.7 Å². The summed E-state index contributed by atoms with van der Waals surface area (Å²) < 4.78 is 10.0. The Morgan fingerprint density at radius 3 is 2.88 bits per heavy atom. The fourth-order valence-corrected chi connectivity index (χ4v) is 6.30. The minimum atomic E-state index is -0.163. The molecule has 32 heavy (non-hydrogen) atoms. The summed E-state index contributed by atoms with van der Waals surface area (Å²) in [5.74, 6) is 3.46. The van der Waals surface area contributed by atoms with E-state index >= 15 is 0 Å². The van der Waals surface area contributed by atoms with E-state index in [0.29, 0.717) is 40.7 Å². The van der Waals surface area contributed by atoms with Crippen LogP contribution in [0.4, 0.5) is 0 Å². The van der Waals surface area contributed by atoms with Crippen LogP contribution in [0.15, 0.2) is 51.6 Å². The highest BCUT2D eigenvalue weighted by molar-refractivity contribution is 7.17. The molecule has 0 N–H and O–H groups in total. The normalized spacial score (nSPS) is 24.4. The molecule has 2 fully saturated rings. The molecule has 2 saturated carbocycles. The Labute approximate surface area is 186 Å². The molecule has 7 rings (SSSR count). The highest BCUT2D eigenvalue weighted by atomic mass is 32.1. The summed E-state index contributed by atoms with van der Waals surface area (Å²) in [4.78, 5) is 25.7. The molecule has 0 aliphatic heterocycles. The van der Waals surface area contributed by atoms with Crippen molar-refractivity contribution in [3.63, 3.8) is 0 Å². The van der Waals surface area contributed by atoms with Gasteiger partial charge in [0.2, 0.25) is 5.89 Å². The summed E-state index contributed by atoms with van der Waals surface area (Å²) in [6.07, 6.45) is 5.43. The average molecular weight is 445 g/mol. The molecule has 160 valence electrons. The molecule has 9 heteroatoms. The lowest BCUT2D eigenvalue weighted by Gasteiger charge is -2.14. The zero-order chi connectivity index (χ0) is 21.4. The molecule has 4 aromatic heterocycles. The van der Waals surface area contributed by atoms with Crippen molar-refractivity contribution in [2.45, 2.75) is 31.2 Å². The minimum absolute atomic E-state index is 0.163. The van der Waals surface area contributed by atoms with Crippen molar-refractivity contribution in [2.75, 3.05) is 0 Å². The Bertz CT molecular complexity index is 1530. The summed E-state index contributed by atoms with van der Waals surface area (Å²) in [7, 11) is 1.78. The summed E-state index contributed by atoms with van der Waals surface area (Å²) >= 11 is 1.79. The second-order valence-electron chi connectivity index (χ2n) is 8.99. The predicted molar refractivity (Wildman–Crippen MR) is 120 cm³/mol. The summed E-state index contributed by atoms with van der Waals surface area (Å²) in [6, 6.07) is 9.10. The van der Waals surface area contributed by atoms with Gasteiger partial charge in [-0.2, -0.15) is 4.98 Å². The van der Waals surface area contributed by atoms with Gasteiger partial charge >= 0.3 is 0 Å². The quantitative estimate of drug-likeness (QED) is 0.420. The van der Waals surface area contributed by atoms with Gasteiger partial charge < -0.3 is 9.09 Å². The first-order valence-electron chi connectivity index (χ1n) is 10.8. The van der Waals surface area contributed by atoms with E-state index in [1.165, 1.54) is 39.4 Å². The Kier molecular flexibility index (Phi) is 3.76. The van der Waals surface area contributed by atoms with Crippen molar-refractivity contribution in [1.82, 2.24) is 29.2 Å². The van der Waals surface area contributed by atoms with Gasteiger partial charge in [-0.3, -0.25) is 9.36 Å². The summed E-state index contributed by atoms with van der Waals surface area (Å²) in [6.45, 7) is 0.214. The van der Waals surface area contributed by atoms with Gasteiger partial charge in [-0.25, -0.2) is 9.97 Å². The van der Waals surface area contributed by atoms with Gasteiger partial charge in [0.25, 0.3) is 5.56 Å². The maximum absolute atomic E-state index is 12.7. The van der Waals surface area contributed by atoms with Crippen LogP contribution in [0.3, 0.4) is 0 Å². The van der Waals surface area contributed by atoms with E-state index < -0.39 is 0 Å². The molecule has 0 amide bonds. The van der Waals surface area contributed by atoms with E-state index in [0.717, 1.165) is 5.82 Å². The number of thiophene rings is 1. The number of aromatic nitrogens is 6. The van der Waals surface area contributed by atoms with Crippen LogP contribution < -0.4 is 5.56 Å². The molecule has 4 heterocycles. The Hall–Kier alpha value is -3.33. The van der Waals surface area contributed by atoms with E-state index in [1.54, 1.807) is 29.3 Å². The molecule has 5 aromatic rings. The van der Waals surface area contributed by atoms with Crippen LogP contribution in [-0.2, 0) is 13.6 Å². The molecular weight excluding hydrogens is 424 g/mol. The van der Waals surface area contributed by atoms with Crippen molar-refractivity contribution < 1.29 is 4.52 Å². The van der Waals surface area contributed by atoms with Gasteiger partial charge in [-0.15, -0.1) is 11.3 Å². The number of rotatable bonds is 4. The minimum Gasteiger partial charge on any atom is -0.337 e. The molecule has 2 aliphatic carbocycles. The van der Waals surface area contributed by atoms with Crippen LogP contribution in [0.2, 0.25) is 0 Å². The van der Waals surface area contributed by atoms with Crippen molar-refractivity contribution in [3.8, 4) is 0 Å². The fourth-order valence-electron chi connectivity index (χ4n) is 5.53. The predicted octanol–water partition coefficient (Wildman–Crippen LogP) is 3.68.